The summed E-state index contributed by atoms with van der Waals surface area (Å²) in [5, 5.41) is 15.6. The number of aliphatic hydroxyl groups is 1. The van der Waals surface area contributed by atoms with E-state index in [2.05, 4.69) is 28.8 Å². The van der Waals surface area contributed by atoms with Crippen molar-refractivity contribution in [2.24, 2.45) is 0 Å². The van der Waals surface area contributed by atoms with E-state index >= 15 is 0 Å². The van der Waals surface area contributed by atoms with Gasteiger partial charge in [0.05, 0.1) is 13.2 Å². The maximum atomic E-state index is 8.79. The third-order valence-corrected chi connectivity index (χ3v) is 3.83. The first-order valence-electron chi connectivity index (χ1n) is 9.28. The minimum Gasteiger partial charge on any atom is -0.491 e. The normalized spacial score (nSPS) is 10.7. The predicted octanol–water partition coefficient (Wildman–Crippen LogP) is 3.06. The molecular weight excluding hydrogens is 328 g/mol. The molecule has 0 heterocycles. The van der Waals surface area contributed by atoms with Crippen LogP contribution in [0.15, 0.2) is 54.6 Å². The minimum absolute atomic E-state index is 0.0346. The highest BCUT2D eigenvalue weighted by molar-refractivity contribution is 5.42. The van der Waals surface area contributed by atoms with Crippen LogP contribution in [0.2, 0.25) is 0 Å². The first kappa shape index (κ1) is 20.2. The maximum Gasteiger partial charge on any atom is 0.119 e. The molecule has 0 atom stereocenters. The second-order valence-corrected chi connectivity index (χ2v) is 6.01. The molecule has 5 nitrogen and oxygen atoms in total. The second kappa shape index (κ2) is 13.2. The molecule has 0 amide bonds. The Hall–Kier alpha value is -2.08. The minimum atomic E-state index is 0.0346. The highest BCUT2D eigenvalue weighted by Crippen LogP contribution is 2.13. The van der Waals surface area contributed by atoms with Crippen molar-refractivity contribution < 1.29 is 14.6 Å². The number of hydrogen-bond acceptors (Lipinski definition) is 5. The van der Waals surface area contributed by atoms with Crippen LogP contribution < -0.4 is 15.4 Å². The molecule has 0 radical (unpaired) electrons. The van der Waals surface area contributed by atoms with Crippen LogP contribution in [0.25, 0.3) is 0 Å². The summed E-state index contributed by atoms with van der Waals surface area (Å²) in [6, 6.07) is 18.1. The van der Waals surface area contributed by atoms with E-state index in [9.17, 15) is 0 Å². The first-order chi connectivity index (χ1) is 12.9. The Balaban J connectivity index is 1.43. The van der Waals surface area contributed by atoms with Gasteiger partial charge in [-0.3, -0.25) is 0 Å². The SMILES string of the molecule is OCCOc1cccc(CNCCCCOCCNc2ccccc2)c1. The number of anilines is 1. The quantitative estimate of drug-likeness (QED) is 0.453. The van der Waals surface area contributed by atoms with Crippen LogP contribution in [0, 0.1) is 0 Å². The average Bonchev–Trinajstić information content (AvgIpc) is 2.69. The van der Waals surface area contributed by atoms with Crippen LogP contribution in [0.1, 0.15) is 18.4 Å². The lowest BCUT2D eigenvalue weighted by Gasteiger charge is -2.09. The van der Waals surface area contributed by atoms with Crippen molar-refractivity contribution in [1.29, 1.82) is 0 Å². The van der Waals surface area contributed by atoms with E-state index in [4.69, 9.17) is 14.6 Å². The lowest BCUT2D eigenvalue weighted by atomic mass is 10.2. The van der Waals surface area contributed by atoms with Gasteiger partial charge in [0.1, 0.15) is 12.4 Å². The molecular formula is C21H30N2O3. The van der Waals surface area contributed by atoms with Gasteiger partial charge < -0.3 is 25.2 Å². The maximum absolute atomic E-state index is 8.79. The Morgan fingerprint density at radius 1 is 0.846 bits per heavy atom. The highest BCUT2D eigenvalue weighted by Gasteiger charge is 1.97. The Kier molecular flexibility index (Phi) is 10.2. The Morgan fingerprint density at radius 2 is 1.73 bits per heavy atom. The van der Waals surface area contributed by atoms with Crippen LogP contribution in [-0.2, 0) is 11.3 Å². The summed E-state index contributed by atoms with van der Waals surface area (Å²) in [7, 11) is 0. The summed E-state index contributed by atoms with van der Waals surface area (Å²) in [6.07, 6.45) is 2.14. The van der Waals surface area contributed by atoms with Crippen molar-refractivity contribution in [3.05, 3.63) is 60.2 Å². The molecule has 3 N–H and O–H groups in total. The lowest BCUT2D eigenvalue weighted by molar-refractivity contribution is 0.140. The summed E-state index contributed by atoms with van der Waals surface area (Å²) in [6.45, 7) is 4.50. The third-order valence-electron chi connectivity index (χ3n) is 3.83. The van der Waals surface area contributed by atoms with Gasteiger partial charge in [-0.15, -0.1) is 0 Å². The van der Waals surface area contributed by atoms with Crippen LogP contribution in [-0.4, -0.2) is 44.6 Å². The topological polar surface area (TPSA) is 62.8 Å². The van der Waals surface area contributed by atoms with E-state index in [-0.39, 0.29) is 6.61 Å². The van der Waals surface area contributed by atoms with Crippen molar-refractivity contribution in [2.75, 3.05) is 44.8 Å². The van der Waals surface area contributed by atoms with E-state index in [0.717, 1.165) is 57.1 Å². The predicted molar refractivity (Wildman–Crippen MR) is 106 cm³/mol. The highest BCUT2D eigenvalue weighted by atomic mass is 16.5. The number of rotatable bonds is 14. The van der Waals surface area contributed by atoms with Crippen molar-refractivity contribution in [1.82, 2.24) is 5.32 Å². The fraction of sp³-hybridized carbons (Fsp3) is 0.429. The average molecular weight is 358 g/mol. The zero-order valence-electron chi connectivity index (χ0n) is 15.3. The smallest absolute Gasteiger partial charge is 0.119 e. The first-order valence-corrected chi connectivity index (χ1v) is 9.28. The standard InChI is InChI=1S/C21H30N2O3/c24-13-16-26-21-10-6-7-19(17-21)18-22-11-4-5-14-25-15-12-23-20-8-2-1-3-9-20/h1-3,6-10,17,22-24H,4-5,11-16,18H2. The number of ether oxygens (including phenoxy) is 2. The second-order valence-electron chi connectivity index (χ2n) is 6.01. The number of aliphatic hydroxyl groups excluding tert-OH is 1. The fourth-order valence-corrected chi connectivity index (χ4v) is 2.52. The zero-order valence-corrected chi connectivity index (χ0v) is 15.3. The number of benzene rings is 2. The number of hydrogen-bond donors (Lipinski definition) is 3. The molecule has 0 aliphatic carbocycles. The van der Waals surface area contributed by atoms with Gasteiger partial charge in [0.2, 0.25) is 0 Å². The molecule has 0 fully saturated rings. The van der Waals surface area contributed by atoms with Crippen molar-refractivity contribution in [3.8, 4) is 5.75 Å². The molecule has 2 aromatic rings. The molecule has 2 rings (SSSR count). The van der Waals surface area contributed by atoms with E-state index in [1.807, 2.05) is 36.4 Å². The number of para-hydroxylation sites is 1. The van der Waals surface area contributed by atoms with E-state index in [1.54, 1.807) is 0 Å². The molecule has 26 heavy (non-hydrogen) atoms. The zero-order chi connectivity index (χ0) is 18.3. The van der Waals surface area contributed by atoms with Gasteiger partial charge in [-0.05, 0) is 49.2 Å². The molecule has 0 aromatic heterocycles. The fourth-order valence-electron chi connectivity index (χ4n) is 2.52. The largest absolute Gasteiger partial charge is 0.491 e. The van der Waals surface area contributed by atoms with Gasteiger partial charge in [0.25, 0.3) is 0 Å². The summed E-state index contributed by atoms with van der Waals surface area (Å²) in [4.78, 5) is 0. The Morgan fingerprint density at radius 3 is 2.58 bits per heavy atom. The lowest BCUT2D eigenvalue weighted by Crippen LogP contribution is -2.16. The molecule has 0 aliphatic rings. The van der Waals surface area contributed by atoms with Crippen LogP contribution >= 0.6 is 0 Å². The van der Waals surface area contributed by atoms with E-state index in [0.29, 0.717) is 6.61 Å². The molecule has 0 unspecified atom stereocenters. The monoisotopic (exact) mass is 358 g/mol. The number of unbranched alkanes of at least 4 members (excludes halogenated alkanes) is 1. The van der Waals surface area contributed by atoms with Crippen LogP contribution in [0.3, 0.4) is 0 Å². The van der Waals surface area contributed by atoms with Gasteiger partial charge in [-0.2, -0.15) is 0 Å². The summed E-state index contributed by atoms with van der Waals surface area (Å²) in [5.74, 6) is 0.802. The van der Waals surface area contributed by atoms with Crippen LogP contribution in [0.4, 0.5) is 5.69 Å². The van der Waals surface area contributed by atoms with Crippen LogP contribution in [0.5, 0.6) is 5.75 Å². The van der Waals surface area contributed by atoms with E-state index in [1.165, 1.54) is 5.56 Å². The summed E-state index contributed by atoms with van der Waals surface area (Å²) in [5.41, 5.74) is 2.31. The number of nitrogens with one attached hydrogen (secondary N) is 2. The van der Waals surface area contributed by atoms with Gasteiger partial charge in [0.15, 0.2) is 0 Å². The summed E-state index contributed by atoms with van der Waals surface area (Å²) >= 11 is 0. The molecule has 0 bridgehead atoms. The Labute approximate surface area is 156 Å². The Bertz CT molecular complexity index is 593. The van der Waals surface area contributed by atoms with Gasteiger partial charge in [0, 0.05) is 25.4 Å². The van der Waals surface area contributed by atoms with E-state index < -0.39 is 0 Å². The third kappa shape index (κ3) is 8.85. The molecule has 142 valence electrons. The summed E-state index contributed by atoms with van der Waals surface area (Å²) < 4.78 is 11.1. The van der Waals surface area contributed by atoms with Crippen molar-refractivity contribution in [2.45, 2.75) is 19.4 Å². The molecule has 5 heteroatoms. The van der Waals surface area contributed by atoms with Crippen molar-refractivity contribution >= 4 is 5.69 Å². The van der Waals surface area contributed by atoms with Gasteiger partial charge in [-0.1, -0.05) is 30.3 Å². The van der Waals surface area contributed by atoms with Gasteiger partial charge in [-0.25, -0.2) is 0 Å². The molecule has 2 aromatic carbocycles. The molecule has 0 saturated carbocycles. The molecule has 0 aliphatic heterocycles. The van der Waals surface area contributed by atoms with Crippen molar-refractivity contribution in [3.63, 3.8) is 0 Å². The molecule has 0 saturated heterocycles. The van der Waals surface area contributed by atoms with Gasteiger partial charge >= 0.3 is 0 Å². The molecule has 0 spiro atoms.